The summed E-state index contributed by atoms with van der Waals surface area (Å²) in [7, 11) is 0. The van der Waals surface area contributed by atoms with Gasteiger partial charge in [0.2, 0.25) is 5.89 Å². The predicted molar refractivity (Wildman–Crippen MR) is 69.0 cm³/mol. The van der Waals surface area contributed by atoms with Crippen LogP contribution in [-0.2, 0) is 6.42 Å². The maximum absolute atomic E-state index is 13.6. The highest BCUT2D eigenvalue weighted by molar-refractivity contribution is 5.53. The van der Waals surface area contributed by atoms with Gasteiger partial charge in [0, 0.05) is 12.5 Å². The first-order valence-corrected chi connectivity index (χ1v) is 6.74. The molecule has 1 aliphatic carbocycles. The average Bonchev–Trinajstić information content (AvgIpc) is 3.15. The Morgan fingerprint density at radius 2 is 2.10 bits per heavy atom. The SMILES string of the molecule is Fc1cccc(-c2nnc(CCCNC3CC3)o2)c1F. The van der Waals surface area contributed by atoms with Crippen molar-refractivity contribution >= 4 is 0 Å². The summed E-state index contributed by atoms with van der Waals surface area (Å²) in [5.74, 6) is -1.41. The van der Waals surface area contributed by atoms with E-state index in [2.05, 4.69) is 15.5 Å². The van der Waals surface area contributed by atoms with Gasteiger partial charge in [-0.3, -0.25) is 0 Å². The molecule has 106 valence electrons. The van der Waals surface area contributed by atoms with E-state index in [9.17, 15) is 8.78 Å². The topological polar surface area (TPSA) is 51.0 Å². The molecule has 1 aromatic heterocycles. The van der Waals surface area contributed by atoms with Gasteiger partial charge in [0.05, 0.1) is 5.56 Å². The van der Waals surface area contributed by atoms with Gasteiger partial charge < -0.3 is 9.73 Å². The number of hydrogen-bond acceptors (Lipinski definition) is 4. The Bertz CT molecular complexity index is 596. The summed E-state index contributed by atoms with van der Waals surface area (Å²) in [6, 6.07) is 4.57. The third-order valence-corrected chi connectivity index (χ3v) is 3.23. The fraction of sp³-hybridized carbons (Fsp3) is 0.429. The number of nitrogens with one attached hydrogen (secondary N) is 1. The van der Waals surface area contributed by atoms with Gasteiger partial charge in [-0.15, -0.1) is 10.2 Å². The number of hydrogen-bond donors (Lipinski definition) is 1. The molecule has 0 bridgehead atoms. The van der Waals surface area contributed by atoms with Crippen LogP contribution in [0.3, 0.4) is 0 Å². The number of rotatable bonds is 6. The minimum atomic E-state index is -0.960. The van der Waals surface area contributed by atoms with E-state index in [4.69, 9.17) is 4.42 Å². The molecule has 1 aromatic carbocycles. The molecule has 2 aromatic rings. The first-order chi connectivity index (χ1) is 9.74. The summed E-state index contributed by atoms with van der Waals surface area (Å²) >= 11 is 0. The third-order valence-electron chi connectivity index (χ3n) is 3.23. The maximum Gasteiger partial charge on any atom is 0.250 e. The van der Waals surface area contributed by atoms with Crippen LogP contribution in [0.5, 0.6) is 0 Å². The second-order valence-corrected chi connectivity index (χ2v) is 4.93. The molecule has 3 rings (SSSR count). The van der Waals surface area contributed by atoms with Gasteiger partial charge in [-0.1, -0.05) is 6.07 Å². The summed E-state index contributed by atoms with van der Waals surface area (Å²) in [6.07, 6.45) is 4.01. The van der Waals surface area contributed by atoms with Gasteiger partial charge in [0.25, 0.3) is 5.89 Å². The molecule has 0 saturated heterocycles. The average molecular weight is 279 g/mol. The van der Waals surface area contributed by atoms with Crippen molar-refractivity contribution in [2.75, 3.05) is 6.54 Å². The van der Waals surface area contributed by atoms with Crippen LogP contribution in [0, 0.1) is 11.6 Å². The van der Waals surface area contributed by atoms with Gasteiger partial charge in [-0.25, -0.2) is 8.78 Å². The van der Waals surface area contributed by atoms with Crippen LogP contribution in [0.1, 0.15) is 25.2 Å². The van der Waals surface area contributed by atoms with E-state index >= 15 is 0 Å². The molecule has 1 saturated carbocycles. The maximum atomic E-state index is 13.6. The number of aromatic nitrogens is 2. The fourth-order valence-corrected chi connectivity index (χ4v) is 1.97. The number of aryl methyl sites for hydroxylation is 1. The minimum Gasteiger partial charge on any atom is -0.421 e. The first kappa shape index (κ1) is 13.2. The Morgan fingerprint density at radius 3 is 2.90 bits per heavy atom. The van der Waals surface area contributed by atoms with Gasteiger partial charge in [0.1, 0.15) is 0 Å². The smallest absolute Gasteiger partial charge is 0.250 e. The Hall–Kier alpha value is -1.82. The van der Waals surface area contributed by atoms with E-state index in [1.807, 2.05) is 0 Å². The van der Waals surface area contributed by atoms with Crippen LogP contribution in [0.25, 0.3) is 11.5 Å². The second kappa shape index (κ2) is 5.66. The standard InChI is InChI=1S/C14H15F2N3O/c15-11-4-1-3-10(13(11)16)14-19-18-12(20-14)5-2-8-17-9-6-7-9/h1,3-4,9,17H,2,5-8H2. The van der Waals surface area contributed by atoms with Gasteiger partial charge >= 0.3 is 0 Å². The summed E-state index contributed by atoms with van der Waals surface area (Å²) in [5.41, 5.74) is -0.000134. The van der Waals surface area contributed by atoms with E-state index in [1.54, 1.807) is 0 Å². The zero-order valence-electron chi connectivity index (χ0n) is 10.9. The lowest BCUT2D eigenvalue weighted by atomic mass is 10.2. The minimum absolute atomic E-state index is 0.000134. The quantitative estimate of drug-likeness (QED) is 0.826. The molecule has 6 heteroatoms. The van der Waals surface area contributed by atoms with Crippen molar-refractivity contribution in [1.82, 2.24) is 15.5 Å². The van der Waals surface area contributed by atoms with Gasteiger partial charge in [-0.05, 0) is 37.9 Å². The highest BCUT2D eigenvalue weighted by atomic mass is 19.2. The normalized spacial score (nSPS) is 14.7. The van der Waals surface area contributed by atoms with Crippen LogP contribution in [0.2, 0.25) is 0 Å². The van der Waals surface area contributed by atoms with Crippen LogP contribution < -0.4 is 5.32 Å². The molecule has 0 atom stereocenters. The first-order valence-electron chi connectivity index (χ1n) is 6.74. The Labute approximate surface area is 115 Å². The molecule has 0 radical (unpaired) electrons. The Kier molecular flexibility index (Phi) is 3.73. The van der Waals surface area contributed by atoms with E-state index < -0.39 is 11.6 Å². The fourth-order valence-electron chi connectivity index (χ4n) is 1.97. The van der Waals surface area contributed by atoms with Crippen molar-refractivity contribution < 1.29 is 13.2 Å². The van der Waals surface area contributed by atoms with Crippen molar-refractivity contribution in [3.8, 4) is 11.5 Å². The zero-order chi connectivity index (χ0) is 13.9. The van der Waals surface area contributed by atoms with Gasteiger partial charge in [-0.2, -0.15) is 0 Å². The lowest BCUT2D eigenvalue weighted by Gasteiger charge is -2.00. The summed E-state index contributed by atoms with van der Waals surface area (Å²) < 4.78 is 32.1. The molecule has 1 N–H and O–H groups in total. The molecule has 0 amide bonds. The highest BCUT2D eigenvalue weighted by Crippen LogP contribution is 2.23. The van der Waals surface area contributed by atoms with Gasteiger partial charge in [0.15, 0.2) is 11.6 Å². The predicted octanol–water partition coefficient (Wildman–Crippen LogP) is 2.70. The molecule has 1 heterocycles. The molecule has 1 aliphatic rings. The zero-order valence-corrected chi connectivity index (χ0v) is 10.9. The summed E-state index contributed by atoms with van der Waals surface area (Å²) in [4.78, 5) is 0. The third kappa shape index (κ3) is 3.01. The molecule has 20 heavy (non-hydrogen) atoms. The van der Waals surface area contributed by atoms with Crippen molar-refractivity contribution in [2.24, 2.45) is 0 Å². The largest absolute Gasteiger partial charge is 0.421 e. The summed E-state index contributed by atoms with van der Waals surface area (Å²) in [5, 5.41) is 11.0. The van der Waals surface area contributed by atoms with E-state index in [0.29, 0.717) is 18.4 Å². The Balaban J connectivity index is 1.62. The molecule has 0 unspecified atom stereocenters. The molecule has 0 aliphatic heterocycles. The molecular formula is C14H15F2N3O. The molecular weight excluding hydrogens is 264 g/mol. The van der Waals surface area contributed by atoms with Crippen molar-refractivity contribution in [1.29, 1.82) is 0 Å². The van der Waals surface area contributed by atoms with Crippen molar-refractivity contribution in [2.45, 2.75) is 31.7 Å². The van der Waals surface area contributed by atoms with Crippen LogP contribution in [0.15, 0.2) is 22.6 Å². The van der Waals surface area contributed by atoms with Crippen LogP contribution >= 0.6 is 0 Å². The molecule has 0 spiro atoms. The Morgan fingerprint density at radius 1 is 1.25 bits per heavy atom. The molecule has 1 fully saturated rings. The summed E-state index contributed by atoms with van der Waals surface area (Å²) in [6.45, 7) is 0.900. The number of benzene rings is 1. The van der Waals surface area contributed by atoms with E-state index in [1.165, 1.54) is 25.0 Å². The van der Waals surface area contributed by atoms with E-state index in [-0.39, 0.29) is 11.5 Å². The van der Waals surface area contributed by atoms with Crippen molar-refractivity contribution in [3.63, 3.8) is 0 Å². The lowest BCUT2D eigenvalue weighted by Crippen LogP contribution is -2.17. The number of nitrogens with zero attached hydrogens (tertiary/aromatic N) is 2. The van der Waals surface area contributed by atoms with Crippen molar-refractivity contribution in [3.05, 3.63) is 35.7 Å². The molecule has 4 nitrogen and oxygen atoms in total. The lowest BCUT2D eigenvalue weighted by molar-refractivity contribution is 0.478. The van der Waals surface area contributed by atoms with Crippen LogP contribution in [0.4, 0.5) is 8.78 Å². The number of halogens is 2. The van der Waals surface area contributed by atoms with E-state index in [0.717, 1.165) is 19.0 Å². The highest BCUT2D eigenvalue weighted by Gasteiger charge is 2.20. The second-order valence-electron chi connectivity index (χ2n) is 4.93. The van der Waals surface area contributed by atoms with Crippen LogP contribution in [-0.4, -0.2) is 22.8 Å². The monoisotopic (exact) mass is 279 g/mol.